The van der Waals surface area contributed by atoms with Crippen LogP contribution in [0.3, 0.4) is 0 Å². The van der Waals surface area contributed by atoms with Crippen molar-refractivity contribution in [1.29, 1.82) is 0 Å². The van der Waals surface area contributed by atoms with Gasteiger partial charge in [0.1, 0.15) is 5.82 Å². The number of carbonyl (C=O) groups excluding carboxylic acids is 1. The first kappa shape index (κ1) is 12.5. The molecule has 1 heterocycles. The molecule has 0 atom stereocenters. The molecule has 0 aliphatic carbocycles. The third-order valence-corrected chi connectivity index (χ3v) is 2.57. The van der Waals surface area contributed by atoms with Crippen molar-refractivity contribution in [2.75, 3.05) is 0 Å². The van der Waals surface area contributed by atoms with Crippen LogP contribution in [0.15, 0.2) is 50.6 Å². The Balaban J connectivity index is 2.01. The molecule has 92 valence electrons. The van der Waals surface area contributed by atoms with E-state index in [1.807, 2.05) is 0 Å². The number of benzene rings is 1. The standard InChI is InChI=1S/C12H8BrFN2O2/c13-9-4-3-8(10(14)6-9)7-15-16-12(17)11-2-1-5-18-11/h1-7H,(H,16,17)/b15-7-. The summed E-state index contributed by atoms with van der Waals surface area (Å²) in [7, 11) is 0. The van der Waals surface area contributed by atoms with Crippen LogP contribution in [-0.4, -0.2) is 12.1 Å². The van der Waals surface area contributed by atoms with E-state index >= 15 is 0 Å². The van der Waals surface area contributed by atoms with Crippen LogP contribution in [0.5, 0.6) is 0 Å². The molecule has 0 fully saturated rings. The van der Waals surface area contributed by atoms with Gasteiger partial charge in [-0.25, -0.2) is 9.82 Å². The molecule has 1 aromatic heterocycles. The van der Waals surface area contributed by atoms with Crippen LogP contribution in [0.4, 0.5) is 4.39 Å². The lowest BCUT2D eigenvalue weighted by molar-refractivity contribution is 0.0927. The normalized spacial score (nSPS) is 10.8. The molecule has 0 saturated heterocycles. The highest BCUT2D eigenvalue weighted by Gasteiger charge is 2.06. The fraction of sp³-hybridized carbons (Fsp3) is 0. The van der Waals surface area contributed by atoms with Gasteiger partial charge in [-0.3, -0.25) is 4.79 Å². The van der Waals surface area contributed by atoms with Crippen molar-refractivity contribution in [1.82, 2.24) is 5.43 Å². The fourth-order valence-corrected chi connectivity index (χ4v) is 1.56. The van der Waals surface area contributed by atoms with Gasteiger partial charge in [0.05, 0.1) is 12.5 Å². The molecule has 0 unspecified atom stereocenters. The zero-order valence-corrected chi connectivity index (χ0v) is 10.6. The largest absolute Gasteiger partial charge is 0.459 e. The predicted octanol–water partition coefficient (Wildman–Crippen LogP) is 2.95. The van der Waals surface area contributed by atoms with Crippen LogP contribution < -0.4 is 5.43 Å². The van der Waals surface area contributed by atoms with Gasteiger partial charge in [0.15, 0.2) is 5.76 Å². The molecular formula is C12H8BrFN2O2. The van der Waals surface area contributed by atoms with Gasteiger partial charge in [-0.2, -0.15) is 5.10 Å². The molecule has 0 spiro atoms. The Hall–Kier alpha value is -1.95. The molecule has 0 bridgehead atoms. The Labute approximate surface area is 111 Å². The van der Waals surface area contributed by atoms with E-state index < -0.39 is 11.7 Å². The number of hydrogen-bond acceptors (Lipinski definition) is 3. The molecule has 1 N–H and O–H groups in total. The van der Waals surface area contributed by atoms with Gasteiger partial charge >= 0.3 is 5.91 Å². The molecule has 0 radical (unpaired) electrons. The molecular weight excluding hydrogens is 303 g/mol. The number of rotatable bonds is 3. The predicted molar refractivity (Wildman–Crippen MR) is 67.9 cm³/mol. The topological polar surface area (TPSA) is 54.6 Å². The highest BCUT2D eigenvalue weighted by molar-refractivity contribution is 9.10. The minimum absolute atomic E-state index is 0.142. The number of nitrogens with one attached hydrogen (secondary N) is 1. The number of amides is 1. The Kier molecular flexibility index (Phi) is 3.88. The van der Waals surface area contributed by atoms with Crippen molar-refractivity contribution in [3.8, 4) is 0 Å². The number of hydrogen-bond donors (Lipinski definition) is 1. The lowest BCUT2D eigenvalue weighted by Crippen LogP contribution is -2.16. The zero-order valence-electron chi connectivity index (χ0n) is 9.06. The maximum absolute atomic E-state index is 13.4. The summed E-state index contributed by atoms with van der Waals surface area (Å²) in [4.78, 5) is 11.4. The highest BCUT2D eigenvalue weighted by Crippen LogP contribution is 2.13. The average molecular weight is 311 g/mol. The molecule has 1 amide bonds. The lowest BCUT2D eigenvalue weighted by atomic mass is 10.2. The van der Waals surface area contributed by atoms with Crippen LogP contribution in [0.25, 0.3) is 0 Å². The molecule has 0 saturated carbocycles. The Morgan fingerprint density at radius 2 is 2.28 bits per heavy atom. The van der Waals surface area contributed by atoms with Crippen LogP contribution in [0, 0.1) is 5.82 Å². The Bertz CT molecular complexity index is 582. The number of carbonyl (C=O) groups is 1. The van der Waals surface area contributed by atoms with Gasteiger partial charge in [0, 0.05) is 10.0 Å². The van der Waals surface area contributed by atoms with E-state index in [9.17, 15) is 9.18 Å². The smallest absolute Gasteiger partial charge is 0.307 e. The number of hydrazone groups is 1. The zero-order chi connectivity index (χ0) is 13.0. The Morgan fingerprint density at radius 1 is 1.44 bits per heavy atom. The second kappa shape index (κ2) is 5.59. The van der Waals surface area contributed by atoms with Crippen LogP contribution in [-0.2, 0) is 0 Å². The van der Waals surface area contributed by atoms with E-state index in [1.54, 1.807) is 18.2 Å². The Morgan fingerprint density at radius 3 is 2.94 bits per heavy atom. The summed E-state index contributed by atoms with van der Waals surface area (Å²) in [6, 6.07) is 7.63. The van der Waals surface area contributed by atoms with Crippen molar-refractivity contribution in [2.24, 2.45) is 5.10 Å². The van der Waals surface area contributed by atoms with Crippen LogP contribution >= 0.6 is 15.9 Å². The second-order valence-corrected chi connectivity index (χ2v) is 4.26. The molecule has 1 aromatic carbocycles. The number of halogens is 2. The van der Waals surface area contributed by atoms with Crippen molar-refractivity contribution >= 4 is 28.1 Å². The highest BCUT2D eigenvalue weighted by atomic mass is 79.9. The summed E-state index contributed by atoms with van der Waals surface area (Å²) in [6.07, 6.45) is 2.61. The van der Waals surface area contributed by atoms with Gasteiger partial charge in [0.2, 0.25) is 0 Å². The van der Waals surface area contributed by atoms with Crippen LogP contribution in [0.1, 0.15) is 16.1 Å². The summed E-state index contributed by atoms with van der Waals surface area (Å²) in [6.45, 7) is 0. The van der Waals surface area contributed by atoms with Crippen molar-refractivity contribution in [3.63, 3.8) is 0 Å². The average Bonchev–Trinajstić information content (AvgIpc) is 2.85. The monoisotopic (exact) mass is 310 g/mol. The van der Waals surface area contributed by atoms with E-state index in [-0.39, 0.29) is 11.3 Å². The summed E-state index contributed by atoms with van der Waals surface area (Å²) in [5.74, 6) is -0.780. The van der Waals surface area contributed by atoms with Gasteiger partial charge in [-0.1, -0.05) is 15.9 Å². The first-order chi connectivity index (χ1) is 8.66. The van der Waals surface area contributed by atoms with E-state index in [0.29, 0.717) is 4.47 Å². The fourth-order valence-electron chi connectivity index (χ4n) is 1.23. The SMILES string of the molecule is O=C(N/N=C\c1ccc(Br)cc1F)c1ccco1. The summed E-state index contributed by atoms with van der Waals surface area (Å²) >= 11 is 3.15. The van der Waals surface area contributed by atoms with Crippen molar-refractivity contribution in [3.05, 3.63) is 58.2 Å². The molecule has 2 rings (SSSR count). The number of nitrogens with zero attached hydrogens (tertiary/aromatic N) is 1. The molecule has 0 aliphatic heterocycles. The van der Waals surface area contributed by atoms with Crippen LogP contribution in [0.2, 0.25) is 0 Å². The van der Waals surface area contributed by atoms with Gasteiger partial charge < -0.3 is 4.42 Å². The molecule has 18 heavy (non-hydrogen) atoms. The first-order valence-corrected chi connectivity index (χ1v) is 5.78. The summed E-state index contributed by atoms with van der Waals surface area (Å²) in [5, 5.41) is 3.65. The first-order valence-electron chi connectivity index (χ1n) is 4.99. The van der Waals surface area contributed by atoms with E-state index in [2.05, 4.69) is 26.5 Å². The molecule has 4 nitrogen and oxygen atoms in total. The maximum atomic E-state index is 13.4. The van der Waals surface area contributed by atoms with Crippen molar-refractivity contribution < 1.29 is 13.6 Å². The minimum atomic E-state index is -0.492. The number of furan rings is 1. The maximum Gasteiger partial charge on any atom is 0.307 e. The van der Waals surface area contributed by atoms with Crippen molar-refractivity contribution in [2.45, 2.75) is 0 Å². The molecule has 0 aliphatic rings. The lowest BCUT2D eigenvalue weighted by Gasteiger charge is -1.98. The third kappa shape index (κ3) is 3.04. The molecule has 6 heteroatoms. The van der Waals surface area contributed by atoms with Gasteiger partial charge in [0.25, 0.3) is 0 Å². The summed E-state index contributed by atoms with van der Waals surface area (Å²) in [5.41, 5.74) is 2.51. The van der Waals surface area contributed by atoms with Gasteiger partial charge in [-0.05, 0) is 30.3 Å². The minimum Gasteiger partial charge on any atom is -0.459 e. The van der Waals surface area contributed by atoms with E-state index in [4.69, 9.17) is 4.42 Å². The van der Waals surface area contributed by atoms with Gasteiger partial charge in [-0.15, -0.1) is 0 Å². The van der Waals surface area contributed by atoms with E-state index in [1.165, 1.54) is 24.6 Å². The summed E-state index contributed by atoms with van der Waals surface area (Å²) < 4.78 is 18.9. The third-order valence-electron chi connectivity index (χ3n) is 2.08. The molecule has 2 aromatic rings. The van der Waals surface area contributed by atoms with E-state index in [0.717, 1.165) is 0 Å². The quantitative estimate of drug-likeness (QED) is 0.700. The second-order valence-electron chi connectivity index (χ2n) is 3.34.